The number of furan rings is 1. The number of hydrogen-bond acceptors (Lipinski definition) is 6. The zero-order valence-electron chi connectivity index (χ0n) is 14.4. The van der Waals surface area contributed by atoms with Crippen LogP contribution in [0.4, 0.5) is 5.69 Å². The first-order valence-corrected chi connectivity index (χ1v) is 8.79. The van der Waals surface area contributed by atoms with Gasteiger partial charge in [0.15, 0.2) is 0 Å². The smallest absolute Gasteiger partial charge is 0.348 e. The Morgan fingerprint density at radius 2 is 1.78 bits per heavy atom. The van der Waals surface area contributed by atoms with Crippen LogP contribution in [0.25, 0.3) is 0 Å². The number of carbonyl (C=O) groups excluding carboxylic acids is 3. The first-order chi connectivity index (χ1) is 13.1. The Balaban J connectivity index is 1.71. The van der Waals surface area contributed by atoms with E-state index in [9.17, 15) is 14.4 Å². The summed E-state index contributed by atoms with van der Waals surface area (Å²) in [5.74, 6) is -0.638. The second-order valence-corrected chi connectivity index (χ2v) is 6.50. The van der Waals surface area contributed by atoms with E-state index in [-0.39, 0.29) is 12.5 Å². The minimum atomic E-state index is -0.503. The fraction of sp³-hybridized carbons (Fsp3) is 0.105. The van der Waals surface area contributed by atoms with Crippen molar-refractivity contribution in [3.05, 3.63) is 75.9 Å². The third-order valence-electron chi connectivity index (χ3n) is 3.64. The molecule has 0 aliphatic carbocycles. The molecule has 0 saturated heterocycles. The lowest BCUT2D eigenvalue weighted by molar-refractivity contribution is 0.0606. The molecule has 2 amide bonds. The molecule has 0 saturated carbocycles. The maximum absolute atomic E-state index is 12.5. The summed E-state index contributed by atoms with van der Waals surface area (Å²) >= 11 is 1.02. The molecule has 0 radical (unpaired) electrons. The van der Waals surface area contributed by atoms with Gasteiger partial charge in [-0.15, -0.1) is 11.3 Å². The molecule has 2 aromatic heterocycles. The van der Waals surface area contributed by atoms with Gasteiger partial charge in [0.25, 0.3) is 11.8 Å². The van der Waals surface area contributed by atoms with Crippen LogP contribution in [0.5, 0.6) is 0 Å². The molecule has 0 unspecified atom stereocenters. The number of rotatable bonds is 6. The molecular weight excluding hydrogens is 368 g/mol. The standard InChI is InChI=1S/C19H16N2O5S/c1-25-19(24)16-9-8-15(27-16)18(23)21-14-7-3-2-6-13(14)17(22)20-11-12-5-4-10-26-12/h2-10H,11H2,1H3,(H,20,22)(H,21,23). The summed E-state index contributed by atoms with van der Waals surface area (Å²) in [7, 11) is 1.28. The maximum atomic E-state index is 12.5. The van der Waals surface area contributed by atoms with Gasteiger partial charge in [-0.25, -0.2) is 4.79 Å². The number of anilines is 1. The van der Waals surface area contributed by atoms with Gasteiger partial charge >= 0.3 is 5.97 Å². The van der Waals surface area contributed by atoms with Gasteiger partial charge in [0.1, 0.15) is 10.6 Å². The summed E-state index contributed by atoms with van der Waals surface area (Å²) in [6.07, 6.45) is 1.53. The maximum Gasteiger partial charge on any atom is 0.348 e. The molecule has 0 atom stereocenters. The molecule has 2 N–H and O–H groups in total. The fourth-order valence-electron chi connectivity index (χ4n) is 2.32. The molecule has 2 heterocycles. The van der Waals surface area contributed by atoms with Crippen molar-refractivity contribution in [1.29, 1.82) is 0 Å². The van der Waals surface area contributed by atoms with Crippen molar-refractivity contribution in [3.63, 3.8) is 0 Å². The van der Waals surface area contributed by atoms with Crippen LogP contribution in [0, 0.1) is 0 Å². The molecule has 0 bridgehead atoms. The topological polar surface area (TPSA) is 97.6 Å². The number of thiophene rings is 1. The van der Waals surface area contributed by atoms with Gasteiger partial charge in [-0.1, -0.05) is 12.1 Å². The first kappa shape index (κ1) is 18.4. The number of carbonyl (C=O) groups is 3. The predicted octanol–water partition coefficient (Wildman–Crippen LogP) is 3.31. The Labute approximate surface area is 159 Å². The molecule has 7 nitrogen and oxygen atoms in total. The average Bonchev–Trinajstić information content (AvgIpc) is 3.38. The van der Waals surface area contributed by atoms with Crippen LogP contribution in [-0.2, 0) is 11.3 Å². The van der Waals surface area contributed by atoms with Gasteiger partial charge in [-0.05, 0) is 36.4 Å². The lowest BCUT2D eigenvalue weighted by Crippen LogP contribution is -2.24. The summed E-state index contributed by atoms with van der Waals surface area (Å²) in [6.45, 7) is 0.238. The Morgan fingerprint density at radius 3 is 2.52 bits per heavy atom. The van der Waals surface area contributed by atoms with Crippen molar-refractivity contribution in [2.45, 2.75) is 6.54 Å². The van der Waals surface area contributed by atoms with Crippen molar-refractivity contribution >= 4 is 34.8 Å². The van der Waals surface area contributed by atoms with E-state index in [0.717, 1.165) is 11.3 Å². The number of methoxy groups -OCH3 is 1. The lowest BCUT2D eigenvalue weighted by Gasteiger charge is -2.10. The normalized spacial score (nSPS) is 10.3. The number of ether oxygens (including phenoxy) is 1. The van der Waals surface area contributed by atoms with E-state index in [1.807, 2.05) is 0 Å². The first-order valence-electron chi connectivity index (χ1n) is 7.97. The van der Waals surface area contributed by atoms with Crippen LogP contribution >= 0.6 is 11.3 Å². The predicted molar refractivity (Wildman–Crippen MR) is 99.9 cm³/mol. The van der Waals surface area contributed by atoms with E-state index in [1.165, 1.54) is 25.5 Å². The number of nitrogens with one attached hydrogen (secondary N) is 2. The van der Waals surface area contributed by atoms with Crippen LogP contribution < -0.4 is 10.6 Å². The van der Waals surface area contributed by atoms with Crippen LogP contribution in [-0.4, -0.2) is 24.9 Å². The van der Waals surface area contributed by atoms with Crippen molar-refractivity contribution in [2.75, 3.05) is 12.4 Å². The number of amides is 2. The molecular formula is C19H16N2O5S. The van der Waals surface area contributed by atoms with Crippen molar-refractivity contribution in [1.82, 2.24) is 5.32 Å². The number of hydrogen-bond donors (Lipinski definition) is 2. The lowest BCUT2D eigenvalue weighted by atomic mass is 10.1. The van der Waals surface area contributed by atoms with Gasteiger partial charge < -0.3 is 19.8 Å². The number of benzene rings is 1. The Kier molecular flexibility index (Phi) is 5.68. The van der Waals surface area contributed by atoms with Gasteiger partial charge in [-0.2, -0.15) is 0 Å². The largest absolute Gasteiger partial charge is 0.467 e. The minimum Gasteiger partial charge on any atom is -0.467 e. The SMILES string of the molecule is COC(=O)c1ccc(C(=O)Nc2ccccc2C(=O)NCc2ccco2)s1. The number of para-hydroxylation sites is 1. The summed E-state index contributed by atoms with van der Waals surface area (Å²) in [4.78, 5) is 37.1. The number of esters is 1. The molecule has 8 heteroatoms. The summed E-state index contributed by atoms with van der Waals surface area (Å²) in [5.41, 5.74) is 0.689. The molecule has 1 aromatic carbocycles. The molecule has 0 fully saturated rings. The molecule has 138 valence electrons. The third kappa shape index (κ3) is 4.42. The van der Waals surface area contributed by atoms with Gasteiger partial charge in [0.2, 0.25) is 0 Å². The average molecular weight is 384 g/mol. The highest BCUT2D eigenvalue weighted by molar-refractivity contribution is 7.16. The van der Waals surface area contributed by atoms with E-state index in [4.69, 9.17) is 4.42 Å². The summed E-state index contributed by atoms with van der Waals surface area (Å²) < 4.78 is 9.82. The minimum absolute atomic E-state index is 0.238. The van der Waals surface area contributed by atoms with Crippen molar-refractivity contribution in [2.24, 2.45) is 0 Å². The molecule has 0 aliphatic rings. The Morgan fingerprint density at radius 1 is 1.00 bits per heavy atom. The molecule has 27 heavy (non-hydrogen) atoms. The van der Waals surface area contributed by atoms with Crippen molar-refractivity contribution < 1.29 is 23.5 Å². The van der Waals surface area contributed by atoms with E-state index >= 15 is 0 Å². The van der Waals surface area contributed by atoms with E-state index in [1.54, 1.807) is 36.4 Å². The van der Waals surface area contributed by atoms with Crippen molar-refractivity contribution in [3.8, 4) is 0 Å². The van der Waals surface area contributed by atoms with Crippen LogP contribution in [0.1, 0.15) is 35.5 Å². The molecule has 3 aromatic rings. The molecule has 0 aliphatic heterocycles. The highest BCUT2D eigenvalue weighted by atomic mass is 32.1. The summed E-state index contributed by atoms with van der Waals surface area (Å²) in [6, 6.07) is 13.2. The summed E-state index contributed by atoms with van der Waals surface area (Å²) in [5, 5.41) is 5.45. The van der Waals surface area contributed by atoms with Crippen LogP contribution in [0.3, 0.4) is 0 Å². The second kappa shape index (κ2) is 8.33. The van der Waals surface area contributed by atoms with Crippen LogP contribution in [0.15, 0.2) is 59.2 Å². The highest BCUT2D eigenvalue weighted by Gasteiger charge is 2.17. The second-order valence-electron chi connectivity index (χ2n) is 5.42. The monoisotopic (exact) mass is 384 g/mol. The van der Waals surface area contributed by atoms with Gasteiger partial charge in [0.05, 0.1) is 36.0 Å². The molecule has 0 spiro atoms. The highest BCUT2D eigenvalue weighted by Crippen LogP contribution is 2.21. The van der Waals surface area contributed by atoms with Gasteiger partial charge in [-0.3, -0.25) is 9.59 Å². The Bertz CT molecular complexity index is 962. The zero-order valence-corrected chi connectivity index (χ0v) is 15.2. The fourth-order valence-corrected chi connectivity index (χ4v) is 3.14. The van der Waals surface area contributed by atoms with E-state index in [2.05, 4.69) is 15.4 Å². The van der Waals surface area contributed by atoms with E-state index in [0.29, 0.717) is 26.8 Å². The van der Waals surface area contributed by atoms with Crippen LogP contribution in [0.2, 0.25) is 0 Å². The quantitative estimate of drug-likeness (QED) is 0.636. The third-order valence-corrected chi connectivity index (χ3v) is 4.70. The van der Waals surface area contributed by atoms with E-state index < -0.39 is 11.9 Å². The molecule has 3 rings (SSSR count). The van der Waals surface area contributed by atoms with Gasteiger partial charge in [0, 0.05) is 0 Å². The Hall–Kier alpha value is -3.39. The zero-order chi connectivity index (χ0) is 19.2.